The molecular formula is C9H6N2. The summed E-state index contributed by atoms with van der Waals surface area (Å²) in [6, 6.07) is 6.18. The van der Waals surface area contributed by atoms with E-state index in [9.17, 15) is 0 Å². The second-order valence-electron chi connectivity index (χ2n) is 2.71. The van der Waals surface area contributed by atoms with Crippen LogP contribution < -0.4 is 0 Å². The summed E-state index contributed by atoms with van der Waals surface area (Å²) in [6.45, 7) is 0. The predicted octanol–water partition coefficient (Wildman–Crippen LogP) is 2.05. The summed E-state index contributed by atoms with van der Waals surface area (Å²) < 4.78 is 0. The van der Waals surface area contributed by atoms with Crippen molar-refractivity contribution in [1.29, 1.82) is 0 Å². The van der Waals surface area contributed by atoms with Gasteiger partial charge in [-0.15, -0.1) is 0 Å². The average Bonchev–Trinajstić information content (AvgIpc) is 2.60. The van der Waals surface area contributed by atoms with Gasteiger partial charge in [0.05, 0.1) is 11.2 Å². The van der Waals surface area contributed by atoms with E-state index in [-0.39, 0.29) is 0 Å². The van der Waals surface area contributed by atoms with E-state index in [1.165, 1.54) is 10.9 Å². The molecule has 0 amide bonds. The molecule has 0 saturated heterocycles. The predicted molar refractivity (Wildman–Crippen MR) is 45.0 cm³/mol. The summed E-state index contributed by atoms with van der Waals surface area (Å²) in [5.41, 5.74) is 3.46. The first-order chi connectivity index (χ1) is 5.45. The van der Waals surface area contributed by atoms with Crippen LogP contribution in [0.15, 0.2) is 18.2 Å². The molecule has 1 aromatic carbocycles. The molecule has 3 rings (SSSR count). The number of H-pyrrole nitrogens is 1. The smallest absolute Gasteiger partial charge is 0.0933 e. The third kappa shape index (κ3) is 0.499. The first kappa shape index (κ1) is 5.13. The SMILES string of the molecule is C1=Cc2n[nH]c3cccc1c23. The van der Waals surface area contributed by atoms with Gasteiger partial charge in [-0.05, 0) is 17.7 Å². The van der Waals surface area contributed by atoms with Gasteiger partial charge in [-0.25, -0.2) is 0 Å². The van der Waals surface area contributed by atoms with E-state index < -0.39 is 0 Å². The third-order valence-corrected chi connectivity index (χ3v) is 2.07. The molecule has 2 heteroatoms. The van der Waals surface area contributed by atoms with Crippen molar-refractivity contribution in [2.75, 3.05) is 0 Å². The Hall–Kier alpha value is -1.57. The van der Waals surface area contributed by atoms with Crippen LogP contribution in [-0.2, 0) is 0 Å². The quantitative estimate of drug-likeness (QED) is 0.511. The van der Waals surface area contributed by atoms with Gasteiger partial charge >= 0.3 is 0 Å². The highest BCUT2D eigenvalue weighted by molar-refractivity contribution is 6.02. The van der Waals surface area contributed by atoms with Crippen LogP contribution in [0, 0.1) is 0 Å². The fraction of sp³-hybridized carbons (Fsp3) is 0. The Labute approximate surface area is 63.5 Å². The number of hydrogen-bond acceptors (Lipinski definition) is 1. The molecule has 0 fully saturated rings. The number of hydrogen-bond donors (Lipinski definition) is 1. The lowest BCUT2D eigenvalue weighted by atomic mass is 10.1. The van der Waals surface area contributed by atoms with Crippen LogP contribution in [0.4, 0.5) is 0 Å². The molecule has 0 unspecified atom stereocenters. The maximum Gasteiger partial charge on any atom is 0.0933 e. The summed E-state index contributed by atoms with van der Waals surface area (Å²) in [5, 5.41) is 8.39. The highest BCUT2D eigenvalue weighted by Gasteiger charge is 2.10. The number of benzene rings is 1. The molecule has 1 N–H and O–H groups in total. The van der Waals surface area contributed by atoms with Gasteiger partial charge in [-0.1, -0.05) is 18.2 Å². The normalized spacial score (nSPS) is 13.1. The zero-order chi connectivity index (χ0) is 7.26. The van der Waals surface area contributed by atoms with Crippen molar-refractivity contribution in [3.05, 3.63) is 29.5 Å². The Morgan fingerprint density at radius 1 is 1.18 bits per heavy atom. The van der Waals surface area contributed by atoms with Crippen LogP contribution in [0.3, 0.4) is 0 Å². The van der Waals surface area contributed by atoms with Gasteiger partial charge in [-0.3, -0.25) is 5.10 Å². The van der Waals surface area contributed by atoms with Gasteiger partial charge in [-0.2, -0.15) is 5.10 Å². The summed E-state index contributed by atoms with van der Waals surface area (Å²) in [7, 11) is 0. The minimum atomic E-state index is 1.07. The van der Waals surface area contributed by atoms with E-state index in [0.717, 1.165) is 11.2 Å². The fourth-order valence-electron chi connectivity index (χ4n) is 1.55. The molecule has 52 valence electrons. The molecule has 0 aliphatic heterocycles. The molecule has 2 aromatic rings. The highest BCUT2D eigenvalue weighted by atomic mass is 15.1. The van der Waals surface area contributed by atoms with Crippen molar-refractivity contribution < 1.29 is 0 Å². The van der Waals surface area contributed by atoms with Crippen molar-refractivity contribution in [1.82, 2.24) is 10.2 Å². The van der Waals surface area contributed by atoms with Gasteiger partial charge in [0.25, 0.3) is 0 Å². The number of aromatic amines is 1. The van der Waals surface area contributed by atoms with Crippen LogP contribution >= 0.6 is 0 Å². The lowest BCUT2D eigenvalue weighted by Crippen LogP contribution is -1.70. The van der Waals surface area contributed by atoms with E-state index in [0.29, 0.717) is 0 Å². The zero-order valence-electron chi connectivity index (χ0n) is 5.83. The highest BCUT2D eigenvalue weighted by Crippen LogP contribution is 2.28. The van der Waals surface area contributed by atoms with Crippen LogP contribution in [0.5, 0.6) is 0 Å². The van der Waals surface area contributed by atoms with Gasteiger partial charge in [0.15, 0.2) is 0 Å². The Morgan fingerprint density at radius 2 is 2.18 bits per heavy atom. The summed E-state index contributed by atoms with van der Waals surface area (Å²) in [5.74, 6) is 0. The Balaban J connectivity index is 2.69. The standard InChI is InChI=1S/C9H6N2/c1-2-6-4-5-8-9(6)7(3-1)10-11-8/h1-5H,(H,10,11). The fourth-order valence-corrected chi connectivity index (χ4v) is 1.55. The van der Waals surface area contributed by atoms with Gasteiger partial charge in [0.1, 0.15) is 0 Å². The summed E-state index contributed by atoms with van der Waals surface area (Å²) in [6.07, 6.45) is 4.13. The molecule has 0 saturated carbocycles. The largest absolute Gasteiger partial charge is 0.277 e. The second-order valence-corrected chi connectivity index (χ2v) is 2.71. The van der Waals surface area contributed by atoms with E-state index in [1.807, 2.05) is 18.2 Å². The van der Waals surface area contributed by atoms with Crippen molar-refractivity contribution in [2.45, 2.75) is 0 Å². The van der Waals surface area contributed by atoms with Gasteiger partial charge in [0.2, 0.25) is 0 Å². The van der Waals surface area contributed by atoms with Crippen molar-refractivity contribution >= 4 is 23.1 Å². The molecule has 1 aliphatic carbocycles. The average molecular weight is 142 g/mol. The number of nitrogens with one attached hydrogen (secondary N) is 1. The molecule has 1 heterocycles. The Kier molecular flexibility index (Phi) is 0.714. The maximum atomic E-state index is 4.15. The third-order valence-electron chi connectivity index (χ3n) is 2.07. The van der Waals surface area contributed by atoms with Crippen molar-refractivity contribution in [3.63, 3.8) is 0 Å². The summed E-state index contributed by atoms with van der Waals surface area (Å²) in [4.78, 5) is 0. The minimum Gasteiger partial charge on any atom is -0.277 e. The zero-order valence-corrected chi connectivity index (χ0v) is 5.83. The van der Waals surface area contributed by atoms with Crippen LogP contribution in [0.2, 0.25) is 0 Å². The number of rotatable bonds is 0. The van der Waals surface area contributed by atoms with Crippen LogP contribution in [0.1, 0.15) is 11.3 Å². The topological polar surface area (TPSA) is 28.7 Å². The van der Waals surface area contributed by atoms with E-state index in [1.54, 1.807) is 0 Å². The first-order valence-electron chi connectivity index (χ1n) is 3.60. The van der Waals surface area contributed by atoms with Crippen molar-refractivity contribution in [3.8, 4) is 0 Å². The van der Waals surface area contributed by atoms with Crippen LogP contribution in [0.25, 0.3) is 23.1 Å². The van der Waals surface area contributed by atoms with E-state index in [4.69, 9.17) is 0 Å². The Morgan fingerprint density at radius 3 is 3.18 bits per heavy atom. The summed E-state index contributed by atoms with van der Waals surface area (Å²) >= 11 is 0. The lowest BCUT2D eigenvalue weighted by Gasteiger charge is -1.89. The van der Waals surface area contributed by atoms with Crippen LogP contribution in [-0.4, -0.2) is 10.2 Å². The molecule has 11 heavy (non-hydrogen) atoms. The molecule has 0 spiro atoms. The maximum absolute atomic E-state index is 4.15. The second kappa shape index (κ2) is 1.53. The Bertz CT molecular complexity index is 452. The molecular weight excluding hydrogens is 136 g/mol. The molecule has 2 nitrogen and oxygen atoms in total. The van der Waals surface area contributed by atoms with E-state index in [2.05, 4.69) is 22.3 Å². The monoisotopic (exact) mass is 142 g/mol. The minimum absolute atomic E-state index is 1.07. The molecule has 0 radical (unpaired) electrons. The molecule has 0 bridgehead atoms. The van der Waals surface area contributed by atoms with Crippen molar-refractivity contribution in [2.24, 2.45) is 0 Å². The molecule has 1 aromatic heterocycles. The lowest BCUT2D eigenvalue weighted by molar-refractivity contribution is 1.11. The molecule has 0 atom stereocenters. The van der Waals surface area contributed by atoms with Gasteiger partial charge in [0, 0.05) is 5.39 Å². The van der Waals surface area contributed by atoms with E-state index >= 15 is 0 Å². The molecule has 1 aliphatic rings. The number of nitrogens with zero attached hydrogens (tertiary/aromatic N) is 1. The number of aromatic nitrogens is 2. The van der Waals surface area contributed by atoms with Gasteiger partial charge < -0.3 is 0 Å². The first-order valence-corrected chi connectivity index (χ1v) is 3.60.